The van der Waals surface area contributed by atoms with E-state index in [2.05, 4.69) is 10.6 Å². The Bertz CT molecular complexity index is 375. The van der Waals surface area contributed by atoms with Crippen LogP contribution in [0.5, 0.6) is 0 Å². The molecule has 0 aromatic rings. The lowest BCUT2D eigenvalue weighted by molar-refractivity contribution is 0.331. The van der Waals surface area contributed by atoms with Gasteiger partial charge in [0.05, 0.1) is 6.04 Å². The quantitative estimate of drug-likeness (QED) is 0.770. The van der Waals surface area contributed by atoms with Crippen LogP contribution in [-0.2, 0) is 0 Å². The minimum absolute atomic E-state index is 0.0830. The first-order valence-electron chi connectivity index (χ1n) is 5.22. The van der Waals surface area contributed by atoms with E-state index >= 15 is 0 Å². The SMILES string of the molecule is CNC1=CSC(C2=CN(C)C(C)C(F)=C2)N1. The molecule has 0 radical (unpaired) electrons. The van der Waals surface area contributed by atoms with E-state index in [9.17, 15) is 4.39 Å². The minimum atomic E-state index is -0.160. The second kappa shape index (κ2) is 4.41. The summed E-state index contributed by atoms with van der Waals surface area (Å²) in [4.78, 5) is 1.89. The van der Waals surface area contributed by atoms with Crippen molar-refractivity contribution in [2.24, 2.45) is 0 Å². The molecule has 3 nitrogen and oxygen atoms in total. The zero-order valence-electron chi connectivity index (χ0n) is 9.62. The summed E-state index contributed by atoms with van der Waals surface area (Å²) < 4.78 is 13.6. The molecule has 2 aliphatic rings. The van der Waals surface area contributed by atoms with Crippen molar-refractivity contribution in [3.8, 4) is 0 Å². The Balaban J connectivity index is 2.10. The van der Waals surface area contributed by atoms with E-state index in [1.165, 1.54) is 0 Å². The number of rotatable bonds is 2. The van der Waals surface area contributed by atoms with Gasteiger partial charge >= 0.3 is 0 Å². The van der Waals surface area contributed by atoms with Crippen LogP contribution in [0.1, 0.15) is 6.92 Å². The second-order valence-electron chi connectivity index (χ2n) is 3.94. The molecular formula is C11H16FN3S. The molecule has 2 rings (SSSR count). The molecule has 16 heavy (non-hydrogen) atoms. The van der Waals surface area contributed by atoms with Crippen LogP contribution in [0.15, 0.2) is 34.9 Å². The van der Waals surface area contributed by atoms with Gasteiger partial charge in [-0.3, -0.25) is 0 Å². The molecule has 2 heterocycles. The molecule has 0 saturated carbocycles. The number of hydrogen-bond acceptors (Lipinski definition) is 4. The van der Waals surface area contributed by atoms with Gasteiger partial charge in [-0.2, -0.15) is 0 Å². The summed E-state index contributed by atoms with van der Waals surface area (Å²) in [6.45, 7) is 1.85. The number of halogens is 1. The minimum Gasteiger partial charge on any atom is -0.375 e. The molecule has 0 amide bonds. The summed E-state index contributed by atoms with van der Waals surface area (Å²) in [7, 11) is 3.75. The van der Waals surface area contributed by atoms with Crippen LogP contribution in [0.25, 0.3) is 0 Å². The van der Waals surface area contributed by atoms with Crippen molar-refractivity contribution < 1.29 is 4.39 Å². The van der Waals surface area contributed by atoms with Crippen LogP contribution in [0, 0.1) is 0 Å². The Morgan fingerprint density at radius 1 is 1.56 bits per heavy atom. The monoisotopic (exact) mass is 241 g/mol. The van der Waals surface area contributed by atoms with Crippen molar-refractivity contribution in [2.45, 2.75) is 18.3 Å². The van der Waals surface area contributed by atoms with Gasteiger partial charge < -0.3 is 15.5 Å². The number of likely N-dealkylation sites (N-methyl/N-ethyl adjacent to an activating group) is 1. The zero-order valence-corrected chi connectivity index (χ0v) is 10.4. The maximum absolute atomic E-state index is 13.6. The van der Waals surface area contributed by atoms with Gasteiger partial charge in [-0.1, -0.05) is 0 Å². The van der Waals surface area contributed by atoms with Gasteiger partial charge in [0.25, 0.3) is 0 Å². The Hall–Kier alpha value is -1.10. The third kappa shape index (κ3) is 2.04. The predicted molar refractivity (Wildman–Crippen MR) is 66.2 cm³/mol. The summed E-state index contributed by atoms with van der Waals surface area (Å²) in [5, 5.41) is 8.42. The lowest BCUT2D eigenvalue weighted by Gasteiger charge is -2.28. The molecule has 5 heteroatoms. The normalized spacial score (nSPS) is 29.2. The van der Waals surface area contributed by atoms with Crippen molar-refractivity contribution in [3.63, 3.8) is 0 Å². The number of thioether (sulfide) groups is 1. The van der Waals surface area contributed by atoms with Crippen LogP contribution in [0.3, 0.4) is 0 Å². The lowest BCUT2D eigenvalue weighted by atomic mass is 10.1. The highest BCUT2D eigenvalue weighted by atomic mass is 32.2. The zero-order chi connectivity index (χ0) is 11.7. The van der Waals surface area contributed by atoms with Crippen molar-refractivity contribution in [1.82, 2.24) is 15.5 Å². The molecule has 0 bridgehead atoms. The summed E-state index contributed by atoms with van der Waals surface area (Å²) in [5.41, 5.74) is 0.963. The summed E-state index contributed by atoms with van der Waals surface area (Å²) in [5.74, 6) is 0.895. The Morgan fingerprint density at radius 3 is 2.88 bits per heavy atom. The van der Waals surface area contributed by atoms with Crippen LogP contribution in [0.4, 0.5) is 4.39 Å². The van der Waals surface area contributed by atoms with Gasteiger partial charge in [0.1, 0.15) is 17.0 Å². The van der Waals surface area contributed by atoms with E-state index in [1.807, 2.05) is 37.5 Å². The average Bonchev–Trinajstić information content (AvgIpc) is 2.73. The van der Waals surface area contributed by atoms with E-state index in [4.69, 9.17) is 0 Å². The van der Waals surface area contributed by atoms with Crippen LogP contribution >= 0.6 is 11.8 Å². The Labute approximate surface area is 99.5 Å². The molecule has 2 aliphatic heterocycles. The van der Waals surface area contributed by atoms with Crippen molar-refractivity contribution >= 4 is 11.8 Å². The molecule has 0 saturated heterocycles. The van der Waals surface area contributed by atoms with Crippen molar-refractivity contribution in [1.29, 1.82) is 0 Å². The van der Waals surface area contributed by atoms with Gasteiger partial charge in [-0.15, -0.1) is 11.8 Å². The van der Waals surface area contributed by atoms with Gasteiger partial charge in [0, 0.05) is 31.3 Å². The maximum atomic E-state index is 13.6. The largest absolute Gasteiger partial charge is 0.375 e. The van der Waals surface area contributed by atoms with Crippen LogP contribution < -0.4 is 10.6 Å². The first-order chi connectivity index (χ1) is 7.61. The van der Waals surface area contributed by atoms with Crippen molar-refractivity contribution in [3.05, 3.63) is 34.9 Å². The summed E-state index contributed by atoms with van der Waals surface area (Å²) in [6.07, 6.45) is 3.62. The standard InChI is InChI=1S/C11H16FN3S/c1-7-9(12)4-8(5-15(7)3)11-14-10(13-2)6-16-11/h4-7,11,13-14H,1-3H3. The molecule has 0 spiro atoms. The molecule has 2 atom stereocenters. The fourth-order valence-corrected chi connectivity index (χ4v) is 2.58. The molecular weight excluding hydrogens is 225 g/mol. The Morgan fingerprint density at radius 2 is 2.31 bits per heavy atom. The van der Waals surface area contributed by atoms with Crippen LogP contribution in [0.2, 0.25) is 0 Å². The molecule has 2 N–H and O–H groups in total. The van der Waals surface area contributed by atoms with Crippen molar-refractivity contribution in [2.75, 3.05) is 14.1 Å². The highest BCUT2D eigenvalue weighted by Gasteiger charge is 2.25. The third-order valence-corrected chi connectivity index (χ3v) is 3.88. The molecule has 0 fully saturated rings. The molecule has 88 valence electrons. The summed E-state index contributed by atoms with van der Waals surface area (Å²) in [6, 6.07) is -0.160. The van der Waals surface area contributed by atoms with E-state index in [1.54, 1.807) is 17.8 Å². The topological polar surface area (TPSA) is 27.3 Å². The smallest absolute Gasteiger partial charge is 0.122 e. The predicted octanol–water partition coefficient (Wildman–Crippen LogP) is 1.74. The van der Waals surface area contributed by atoms with E-state index < -0.39 is 0 Å². The first-order valence-corrected chi connectivity index (χ1v) is 6.16. The van der Waals surface area contributed by atoms with Gasteiger partial charge in [-0.05, 0) is 13.0 Å². The van der Waals surface area contributed by atoms with E-state index in [-0.39, 0.29) is 17.2 Å². The number of hydrogen-bond donors (Lipinski definition) is 2. The average molecular weight is 241 g/mol. The molecule has 2 unspecified atom stereocenters. The maximum Gasteiger partial charge on any atom is 0.122 e. The third-order valence-electron chi connectivity index (χ3n) is 2.85. The highest BCUT2D eigenvalue weighted by molar-refractivity contribution is 8.03. The fourth-order valence-electron chi connectivity index (χ4n) is 1.64. The van der Waals surface area contributed by atoms with E-state index in [0.717, 1.165) is 11.4 Å². The van der Waals surface area contributed by atoms with Crippen LogP contribution in [-0.4, -0.2) is 30.4 Å². The molecule has 0 aromatic carbocycles. The number of nitrogens with zero attached hydrogens (tertiary/aromatic N) is 1. The fraction of sp³-hybridized carbons (Fsp3) is 0.455. The summed E-state index contributed by atoms with van der Waals surface area (Å²) >= 11 is 1.65. The van der Waals surface area contributed by atoms with Gasteiger partial charge in [0.2, 0.25) is 0 Å². The molecule has 0 aromatic heterocycles. The first kappa shape index (κ1) is 11.4. The lowest BCUT2D eigenvalue weighted by Crippen LogP contribution is -2.33. The van der Waals surface area contributed by atoms with Gasteiger partial charge in [-0.25, -0.2) is 4.39 Å². The van der Waals surface area contributed by atoms with E-state index in [0.29, 0.717) is 0 Å². The molecule has 0 aliphatic carbocycles. The Kier molecular flexibility index (Phi) is 3.14. The highest BCUT2D eigenvalue weighted by Crippen LogP contribution is 2.30. The van der Waals surface area contributed by atoms with Gasteiger partial charge in [0.15, 0.2) is 0 Å². The second-order valence-corrected chi connectivity index (χ2v) is 4.92. The number of nitrogens with one attached hydrogen (secondary N) is 2.